The minimum atomic E-state index is -3.11. The van der Waals surface area contributed by atoms with Crippen molar-refractivity contribution in [1.82, 2.24) is 4.90 Å². The molecule has 1 saturated heterocycles. The van der Waals surface area contributed by atoms with Gasteiger partial charge in [-0.05, 0) is 38.0 Å². The largest absolute Gasteiger partial charge is 0.493 e. The predicted octanol–water partition coefficient (Wildman–Crippen LogP) is 1.21. The molecule has 2 atom stereocenters. The molecule has 0 N–H and O–H groups in total. The summed E-state index contributed by atoms with van der Waals surface area (Å²) in [7, 11) is -0.0845. The monoisotopic (exact) mass is 413 g/mol. The summed E-state index contributed by atoms with van der Waals surface area (Å²) in [6, 6.07) is 4.72. The van der Waals surface area contributed by atoms with E-state index in [9.17, 15) is 18.0 Å². The quantitative estimate of drug-likeness (QED) is 0.591. The number of carbonyl (C=O) groups excluding carboxylic acids is 2. The van der Waals surface area contributed by atoms with E-state index >= 15 is 0 Å². The number of hydrogen-bond donors (Lipinski definition) is 0. The molecule has 1 heterocycles. The topological polar surface area (TPSA) is 99.2 Å². The fourth-order valence-corrected chi connectivity index (χ4v) is 5.03. The molecular weight excluding hydrogens is 386 g/mol. The molecule has 2 rings (SSSR count). The summed E-state index contributed by atoms with van der Waals surface area (Å²) in [6.45, 7) is 3.64. The molecule has 1 aliphatic rings. The van der Waals surface area contributed by atoms with Gasteiger partial charge >= 0.3 is 5.97 Å². The van der Waals surface area contributed by atoms with E-state index in [1.54, 1.807) is 25.1 Å². The zero-order chi connectivity index (χ0) is 20.9. The first-order valence-corrected chi connectivity index (χ1v) is 10.9. The first-order chi connectivity index (χ1) is 13.2. The van der Waals surface area contributed by atoms with Gasteiger partial charge in [0.15, 0.2) is 27.4 Å². The second-order valence-corrected chi connectivity index (χ2v) is 8.91. The van der Waals surface area contributed by atoms with Crippen LogP contribution in [0.1, 0.15) is 25.8 Å². The zero-order valence-electron chi connectivity index (χ0n) is 16.6. The van der Waals surface area contributed by atoms with E-state index in [4.69, 9.17) is 14.2 Å². The fourth-order valence-electron chi connectivity index (χ4n) is 3.30. The van der Waals surface area contributed by atoms with Crippen LogP contribution in [0.5, 0.6) is 11.5 Å². The number of methoxy groups -OCH3 is 2. The third-order valence-corrected chi connectivity index (χ3v) is 6.48. The average molecular weight is 413 g/mol. The molecule has 1 amide bonds. The fraction of sp³-hybridized carbons (Fsp3) is 0.579. The second-order valence-electron chi connectivity index (χ2n) is 6.68. The van der Waals surface area contributed by atoms with Crippen molar-refractivity contribution in [3.8, 4) is 11.5 Å². The molecule has 0 radical (unpaired) electrons. The standard InChI is InChI=1S/C19H27NO7S/c1-5-20(15-8-9-28(23,24)12-15)19(22)13(2)27-18(21)11-14-6-7-16(25-3)17(10-14)26-4/h6-7,10,13,15H,5,8-9,11-12H2,1-4H3. The molecule has 1 aromatic carbocycles. The molecule has 28 heavy (non-hydrogen) atoms. The Morgan fingerprint density at radius 1 is 1.21 bits per heavy atom. The first kappa shape index (κ1) is 22.0. The maximum atomic E-state index is 12.7. The molecule has 0 spiro atoms. The van der Waals surface area contributed by atoms with Crippen molar-refractivity contribution in [2.24, 2.45) is 0 Å². The molecular formula is C19H27NO7S. The highest BCUT2D eigenvalue weighted by Crippen LogP contribution is 2.28. The van der Waals surface area contributed by atoms with E-state index < -0.39 is 21.9 Å². The van der Waals surface area contributed by atoms with Crippen molar-refractivity contribution in [2.45, 2.75) is 38.8 Å². The summed E-state index contributed by atoms with van der Waals surface area (Å²) >= 11 is 0. The number of amides is 1. The van der Waals surface area contributed by atoms with Crippen molar-refractivity contribution < 1.29 is 32.2 Å². The van der Waals surface area contributed by atoms with Crippen LogP contribution in [0, 0.1) is 0 Å². The summed E-state index contributed by atoms with van der Waals surface area (Å²) in [5.74, 6) is 0.145. The molecule has 0 aliphatic carbocycles. The second kappa shape index (κ2) is 9.27. The lowest BCUT2D eigenvalue weighted by Gasteiger charge is -2.29. The van der Waals surface area contributed by atoms with Gasteiger partial charge in [0.05, 0.1) is 32.1 Å². The van der Waals surface area contributed by atoms with Crippen LogP contribution in [-0.4, -0.2) is 69.6 Å². The molecule has 0 aromatic heterocycles. The third-order valence-electron chi connectivity index (χ3n) is 4.73. The highest BCUT2D eigenvalue weighted by Gasteiger charge is 2.36. The molecule has 1 aromatic rings. The summed E-state index contributed by atoms with van der Waals surface area (Å²) in [5.41, 5.74) is 0.663. The molecule has 0 bridgehead atoms. The summed E-state index contributed by atoms with van der Waals surface area (Å²) < 4.78 is 39.0. The van der Waals surface area contributed by atoms with Gasteiger partial charge in [-0.25, -0.2) is 8.42 Å². The number of sulfone groups is 1. The Morgan fingerprint density at radius 2 is 1.89 bits per heavy atom. The van der Waals surface area contributed by atoms with Crippen LogP contribution < -0.4 is 9.47 Å². The smallest absolute Gasteiger partial charge is 0.311 e. The van der Waals surface area contributed by atoms with Gasteiger partial charge in [0.2, 0.25) is 0 Å². The van der Waals surface area contributed by atoms with E-state index in [-0.39, 0.29) is 29.9 Å². The van der Waals surface area contributed by atoms with E-state index in [1.165, 1.54) is 26.0 Å². The van der Waals surface area contributed by atoms with Crippen LogP contribution in [0.3, 0.4) is 0 Å². The number of benzene rings is 1. The van der Waals surface area contributed by atoms with E-state index in [0.29, 0.717) is 30.0 Å². The van der Waals surface area contributed by atoms with Gasteiger partial charge in [0.1, 0.15) is 0 Å². The zero-order valence-corrected chi connectivity index (χ0v) is 17.5. The van der Waals surface area contributed by atoms with Crippen molar-refractivity contribution in [3.63, 3.8) is 0 Å². The molecule has 9 heteroatoms. The van der Waals surface area contributed by atoms with Crippen molar-refractivity contribution >= 4 is 21.7 Å². The summed E-state index contributed by atoms with van der Waals surface area (Å²) in [4.78, 5) is 26.4. The van der Waals surface area contributed by atoms with Gasteiger partial charge in [0, 0.05) is 12.6 Å². The minimum absolute atomic E-state index is 0.0259. The van der Waals surface area contributed by atoms with Crippen LogP contribution in [0.4, 0.5) is 0 Å². The number of nitrogens with zero attached hydrogens (tertiary/aromatic N) is 1. The van der Waals surface area contributed by atoms with Crippen LogP contribution in [0.15, 0.2) is 18.2 Å². The Hall–Kier alpha value is -2.29. The van der Waals surface area contributed by atoms with E-state index in [0.717, 1.165) is 0 Å². The Kier molecular flexibility index (Phi) is 7.29. The number of rotatable bonds is 8. The minimum Gasteiger partial charge on any atom is -0.493 e. The lowest BCUT2D eigenvalue weighted by atomic mass is 10.1. The van der Waals surface area contributed by atoms with Crippen molar-refractivity contribution in [1.29, 1.82) is 0 Å². The molecule has 2 unspecified atom stereocenters. The Balaban J connectivity index is 1.98. The predicted molar refractivity (Wildman–Crippen MR) is 103 cm³/mol. The normalized spacial score (nSPS) is 18.9. The van der Waals surface area contributed by atoms with Gasteiger partial charge in [-0.1, -0.05) is 6.07 Å². The van der Waals surface area contributed by atoms with Crippen molar-refractivity contribution in [3.05, 3.63) is 23.8 Å². The van der Waals surface area contributed by atoms with Crippen LogP contribution in [-0.2, 0) is 30.6 Å². The molecule has 0 saturated carbocycles. The van der Waals surface area contributed by atoms with Gasteiger partial charge in [-0.3, -0.25) is 9.59 Å². The van der Waals surface area contributed by atoms with Gasteiger partial charge < -0.3 is 19.1 Å². The van der Waals surface area contributed by atoms with Gasteiger partial charge in [-0.15, -0.1) is 0 Å². The number of carbonyl (C=O) groups is 2. The van der Waals surface area contributed by atoms with Gasteiger partial charge in [0.25, 0.3) is 5.91 Å². The maximum Gasteiger partial charge on any atom is 0.311 e. The molecule has 1 fully saturated rings. The summed E-state index contributed by atoms with van der Waals surface area (Å²) in [6.07, 6.45) is -0.605. The molecule has 1 aliphatic heterocycles. The SMILES string of the molecule is CCN(C(=O)C(C)OC(=O)Cc1ccc(OC)c(OC)c1)C1CCS(=O)(=O)C1. The van der Waals surface area contributed by atoms with Gasteiger partial charge in [-0.2, -0.15) is 0 Å². The number of likely N-dealkylation sites (N-methyl/N-ethyl adjacent to an activating group) is 1. The highest BCUT2D eigenvalue weighted by molar-refractivity contribution is 7.91. The lowest BCUT2D eigenvalue weighted by Crippen LogP contribution is -2.46. The van der Waals surface area contributed by atoms with Crippen LogP contribution >= 0.6 is 0 Å². The number of ether oxygens (including phenoxy) is 3. The summed E-state index contributed by atoms with van der Waals surface area (Å²) in [5, 5.41) is 0. The average Bonchev–Trinajstić information content (AvgIpc) is 3.01. The third kappa shape index (κ3) is 5.37. The molecule has 156 valence electrons. The first-order valence-electron chi connectivity index (χ1n) is 9.12. The van der Waals surface area contributed by atoms with Crippen LogP contribution in [0.25, 0.3) is 0 Å². The lowest BCUT2D eigenvalue weighted by molar-refractivity contribution is -0.159. The Labute approximate surface area is 165 Å². The number of hydrogen-bond acceptors (Lipinski definition) is 7. The van der Waals surface area contributed by atoms with E-state index in [2.05, 4.69) is 0 Å². The maximum absolute atomic E-state index is 12.7. The molecule has 8 nitrogen and oxygen atoms in total. The Bertz CT molecular complexity index is 822. The Morgan fingerprint density at radius 3 is 2.43 bits per heavy atom. The van der Waals surface area contributed by atoms with E-state index in [1.807, 2.05) is 0 Å². The highest BCUT2D eigenvalue weighted by atomic mass is 32.2. The van der Waals surface area contributed by atoms with Crippen molar-refractivity contribution in [2.75, 3.05) is 32.3 Å². The van der Waals surface area contributed by atoms with Crippen LogP contribution in [0.2, 0.25) is 0 Å². The number of esters is 1.